The maximum atomic E-state index is 12.0. The summed E-state index contributed by atoms with van der Waals surface area (Å²) in [7, 11) is 0. The van der Waals surface area contributed by atoms with Crippen LogP contribution >= 0.6 is 0 Å². The van der Waals surface area contributed by atoms with Crippen LogP contribution in [0.1, 0.15) is 26.7 Å². The molecule has 2 heteroatoms. The number of carbonyl (C=O) groups excluding carboxylic acids is 1. The zero-order valence-corrected chi connectivity index (χ0v) is 13.6. The predicted octanol–water partition coefficient (Wildman–Crippen LogP) is 3.89. The van der Waals surface area contributed by atoms with Gasteiger partial charge in [0.15, 0.2) is 0 Å². The van der Waals surface area contributed by atoms with E-state index in [1.54, 1.807) is 0 Å². The summed E-state index contributed by atoms with van der Waals surface area (Å²) in [5.41, 5.74) is 1.20. The Morgan fingerprint density at radius 2 is 1.93 bits per heavy atom. The van der Waals surface area contributed by atoms with E-state index in [0.717, 1.165) is 6.42 Å². The molecule has 0 saturated heterocycles. The molecule has 0 aromatic heterocycles. The molecule has 86 valence electrons. The first-order valence-electron chi connectivity index (χ1n) is 5.91. The minimum atomic E-state index is -1.95. The van der Waals surface area contributed by atoms with E-state index in [4.69, 9.17) is 0 Å². The fourth-order valence-corrected chi connectivity index (χ4v) is 10.4. The molecule has 1 nitrogen and oxygen atoms in total. The van der Waals surface area contributed by atoms with E-state index in [-0.39, 0.29) is 0 Å². The van der Waals surface area contributed by atoms with Crippen molar-refractivity contribution in [3.05, 3.63) is 12.2 Å². The van der Waals surface area contributed by atoms with E-state index in [1.165, 1.54) is 12.0 Å². The Balaban J connectivity index is 2.87. The fraction of sp³-hybridized carbons (Fsp3) is 0.769. The van der Waals surface area contributed by atoms with Crippen molar-refractivity contribution in [2.45, 2.75) is 45.4 Å². The molecule has 0 spiro atoms. The normalized spacial score (nSPS) is 32.9. The quantitative estimate of drug-likeness (QED) is 0.558. The van der Waals surface area contributed by atoms with Crippen molar-refractivity contribution in [1.29, 1.82) is 0 Å². The number of Topliss-reactive ketones (excluding diaryl/α,β-unsaturated/α-hetero) is 1. The Bertz CT molecular complexity index is 275. The summed E-state index contributed by atoms with van der Waals surface area (Å²) in [5, 5.41) is 0. The summed E-state index contributed by atoms with van der Waals surface area (Å²) < 4.78 is 0.710. The fourth-order valence-electron chi connectivity index (χ4n) is 2.73. The standard InChI is InChI=1S/C10H15O.3CH3.Sn/c1-7(2)9-5-4-8(3)10(11)6-9;;;;/h4,8-9H,1,5-6H2,2-3H3;3*1H3;/t8-,9-;;;;/m1..../s1. The van der Waals surface area contributed by atoms with Crippen molar-refractivity contribution in [2.75, 3.05) is 0 Å². The Morgan fingerprint density at radius 3 is 2.33 bits per heavy atom. The molecule has 0 amide bonds. The van der Waals surface area contributed by atoms with Crippen LogP contribution in [0.15, 0.2) is 12.2 Å². The van der Waals surface area contributed by atoms with E-state index < -0.39 is 18.4 Å². The second-order valence-electron chi connectivity index (χ2n) is 6.21. The number of hydrogen-bond donors (Lipinski definition) is 0. The van der Waals surface area contributed by atoms with Crippen LogP contribution in [0, 0.1) is 11.8 Å². The molecule has 0 unspecified atom stereocenters. The van der Waals surface area contributed by atoms with Crippen LogP contribution in [0.3, 0.4) is 0 Å². The minimum absolute atomic E-state index is 0.316. The van der Waals surface area contributed by atoms with Gasteiger partial charge in [-0.2, -0.15) is 0 Å². The molecule has 0 N–H and O–H groups in total. The second kappa shape index (κ2) is 4.60. The van der Waals surface area contributed by atoms with Crippen LogP contribution in [0.4, 0.5) is 0 Å². The molecule has 1 rings (SSSR count). The van der Waals surface area contributed by atoms with Gasteiger partial charge in [0.1, 0.15) is 0 Å². The summed E-state index contributed by atoms with van der Waals surface area (Å²) in [5.74, 6) is 1.26. The zero-order valence-electron chi connectivity index (χ0n) is 10.8. The Labute approximate surface area is 98.2 Å². The monoisotopic (exact) mass is 316 g/mol. The molecule has 15 heavy (non-hydrogen) atoms. The van der Waals surface area contributed by atoms with Gasteiger partial charge in [-0.1, -0.05) is 0 Å². The first-order chi connectivity index (χ1) is 6.73. The molecule has 0 aromatic carbocycles. The molecule has 3 atom stereocenters. The summed E-state index contributed by atoms with van der Waals surface area (Å²) in [4.78, 5) is 19.3. The van der Waals surface area contributed by atoms with Gasteiger partial charge < -0.3 is 0 Å². The molecule has 0 heterocycles. The Morgan fingerprint density at radius 1 is 1.40 bits per heavy atom. The number of ketones is 1. The van der Waals surface area contributed by atoms with Gasteiger partial charge in [0.2, 0.25) is 0 Å². The Kier molecular flexibility index (Phi) is 4.07. The van der Waals surface area contributed by atoms with Crippen molar-refractivity contribution < 1.29 is 4.79 Å². The van der Waals surface area contributed by atoms with E-state index in [1.807, 2.05) is 0 Å². The number of allylic oxidation sites excluding steroid dienone is 1. The first-order valence-corrected chi connectivity index (χ1v) is 16.1. The summed E-state index contributed by atoms with van der Waals surface area (Å²) in [6, 6.07) is 0. The van der Waals surface area contributed by atoms with Crippen LogP contribution < -0.4 is 0 Å². The number of carbonyl (C=O) groups is 1. The average molecular weight is 315 g/mol. The van der Waals surface area contributed by atoms with Crippen molar-refractivity contribution in [2.24, 2.45) is 11.8 Å². The summed E-state index contributed by atoms with van der Waals surface area (Å²) in [6.07, 6.45) is 1.97. The van der Waals surface area contributed by atoms with Crippen molar-refractivity contribution in [3.8, 4) is 0 Å². The molecule has 1 aliphatic rings. The predicted molar refractivity (Wildman–Crippen MR) is 68.8 cm³/mol. The van der Waals surface area contributed by atoms with Gasteiger partial charge in [-0.3, -0.25) is 0 Å². The molecular weight excluding hydrogens is 291 g/mol. The molecular formula is C13H24OSn. The van der Waals surface area contributed by atoms with E-state index in [0.29, 0.717) is 21.6 Å². The van der Waals surface area contributed by atoms with Gasteiger partial charge in [0.25, 0.3) is 0 Å². The molecule has 1 fully saturated rings. The molecule has 1 saturated carbocycles. The number of rotatable bonds is 2. The van der Waals surface area contributed by atoms with Gasteiger partial charge >= 0.3 is 98.4 Å². The van der Waals surface area contributed by atoms with E-state index >= 15 is 0 Å². The third-order valence-electron chi connectivity index (χ3n) is 3.91. The molecule has 0 bridgehead atoms. The zero-order chi connectivity index (χ0) is 11.8. The van der Waals surface area contributed by atoms with E-state index in [9.17, 15) is 4.79 Å². The summed E-state index contributed by atoms with van der Waals surface area (Å²) in [6.45, 7) is 8.24. The molecule has 0 radical (unpaired) electrons. The van der Waals surface area contributed by atoms with Gasteiger partial charge in [0, 0.05) is 0 Å². The molecule has 0 aromatic rings. The third kappa shape index (κ3) is 3.08. The van der Waals surface area contributed by atoms with Gasteiger partial charge in [-0.15, -0.1) is 0 Å². The second-order valence-corrected chi connectivity index (χ2v) is 21.8. The van der Waals surface area contributed by atoms with Crippen molar-refractivity contribution >= 4 is 24.2 Å². The molecule has 1 aliphatic carbocycles. The topological polar surface area (TPSA) is 17.1 Å². The third-order valence-corrected chi connectivity index (χ3v) is 12.4. The van der Waals surface area contributed by atoms with E-state index in [2.05, 4.69) is 35.2 Å². The van der Waals surface area contributed by atoms with Crippen molar-refractivity contribution in [1.82, 2.24) is 0 Å². The summed E-state index contributed by atoms with van der Waals surface area (Å²) >= 11 is -1.95. The van der Waals surface area contributed by atoms with Gasteiger partial charge in [-0.05, 0) is 0 Å². The SMILES string of the molecule is C=C(C)[C@H]1CC(=O)[C@H](C)[C@H]([Sn]([CH3])([CH3])[CH3])C1. The van der Waals surface area contributed by atoms with Gasteiger partial charge in [-0.25, -0.2) is 0 Å². The number of hydrogen-bond acceptors (Lipinski definition) is 1. The van der Waals surface area contributed by atoms with Crippen LogP contribution in [0.25, 0.3) is 0 Å². The van der Waals surface area contributed by atoms with Crippen LogP contribution in [0.5, 0.6) is 0 Å². The Hall–Kier alpha value is 0.209. The average Bonchev–Trinajstić information content (AvgIpc) is 2.06. The molecule has 0 aliphatic heterocycles. The van der Waals surface area contributed by atoms with Crippen LogP contribution in [-0.2, 0) is 4.79 Å². The first kappa shape index (κ1) is 13.3. The van der Waals surface area contributed by atoms with Crippen molar-refractivity contribution in [3.63, 3.8) is 0 Å². The van der Waals surface area contributed by atoms with Gasteiger partial charge in [0.05, 0.1) is 0 Å². The maximum absolute atomic E-state index is 12.0. The van der Waals surface area contributed by atoms with Crippen LogP contribution in [0.2, 0.25) is 18.8 Å². The van der Waals surface area contributed by atoms with Crippen LogP contribution in [-0.4, -0.2) is 24.2 Å².